The van der Waals surface area contributed by atoms with Crippen LogP contribution in [0.15, 0.2) is 19.0 Å². The monoisotopic (exact) mass is 288 g/mol. The third-order valence-electron chi connectivity index (χ3n) is 3.38. The van der Waals surface area contributed by atoms with E-state index in [1.54, 1.807) is 17.1 Å². The third kappa shape index (κ3) is 4.64. The molecule has 0 radical (unpaired) electrons. The maximum atomic E-state index is 12.3. The van der Waals surface area contributed by atoms with Crippen LogP contribution in [-0.2, 0) is 6.54 Å². The van der Waals surface area contributed by atoms with Gasteiger partial charge < -0.3 is 5.32 Å². The molecule has 0 amide bonds. The van der Waals surface area contributed by atoms with E-state index in [2.05, 4.69) is 17.0 Å². The zero-order chi connectivity index (χ0) is 14.6. The summed E-state index contributed by atoms with van der Waals surface area (Å²) in [4.78, 5) is 1.47. The number of halogens is 3. The maximum absolute atomic E-state index is 12.3. The molecule has 0 aromatic carbocycles. The Balaban J connectivity index is 1.67. The molecule has 1 N–H and O–H groups in total. The van der Waals surface area contributed by atoms with Crippen molar-refractivity contribution in [3.8, 4) is 0 Å². The van der Waals surface area contributed by atoms with Gasteiger partial charge in [-0.3, -0.25) is 4.90 Å². The second-order valence-electron chi connectivity index (χ2n) is 5.15. The van der Waals surface area contributed by atoms with Gasteiger partial charge >= 0.3 is 6.18 Å². The van der Waals surface area contributed by atoms with E-state index < -0.39 is 12.7 Å². The van der Waals surface area contributed by atoms with Crippen LogP contribution in [0.5, 0.6) is 0 Å². The summed E-state index contributed by atoms with van der Waals surface area (Å²) >= 11 is 0. The Labute approximate surface area is 116 Å². The van der Waals surface area contributed by atoms with Crippen LogP contribution < -0.4 is 5.32 Å². The average molecular weight is 288 g/mol. The molecule has 112 valence electrons. The van der Waals surface area contributed by atoms with E-state index in [4.69, 9.17) is 0 Å². The van der Waals surface area contributed by atoms with Crippen LogP contribution in [0.2, 0.25) is 0 Å². The van der Waals surface area contributed by atoms with Crippen molar-refractivity contribution in [1.29, 1.82) is 0 Å². The number of aromatic nitrogens is 2. The predicted octanol–water partition coefficient (Wildman–Crippen LogP) is 1.96. The highest BCUT2D eigenvalue weighted by molar-refractivity contribution is 5.17. The zero-order valence-corrected chi connectivity index (χ0v) is 11.2. The Kier molecular flexibility index (Phi) is 4.82. The van der Waals surface area contributed by atoms with Crippen LogP contribution >= 0.6 is 0 Å². The van der Waals surface area contributed by atoms with Crippen molar-refractivity contribution in [1.82, 2.24) is 20.0 Å². The minimum atomic E-state index is -4.10. The minimum absolute atomic E-state index is 0.284. The Morgan fingerprint density at radius 1 is 1.50 bits per heavy atom. The smallest absolute Gasteiger partial charge is 0.312 e. The molecule has 0 saturated carbocycles. The molecule has 2 rings (SSSR count). The Bertz CT molecular complexity index is 441. The highest BCUT2D eigenvalue weighted by Gasteiger charge is 2.34. The van der Waals surface area contributed by atoms with Gasteiger partial charge in [0.1, 0.15) is 0 Å². The number of hydrogen-bond acceptors (Lipinski definition) is 3. The number of likely N-dealkylation sites (tertiary alicyclic amines) is 1. The zero-order valence-electron chi connectivity index (χ0n) is 11.2. The molecular formula is C13H19F3N4. The lowest BCUT2D eigenvalue weighted by Gasteiger charge is -2.17. The van der Waals surface area contributed by atoms with Gasteiger partial charge in [0.15, 0.2) is 0 Å². The van der Waals surface area contributed by atoms with Crippen LogP contribution in [0, 0.1) is 5.92 Å². The number of hydrogen-bond donors (Lipinski definition) is 1. The number of nitrogens with zero attached hydrogens (tertiary/aromatic N) is 3. The van der Waals surface area contributed by atoms with Gasteiger partial charge in [0.25, 0.3) is 0 Å². The first-order valence-electron chi connectivity index (χ1n) is 6.61. The van der Waals surface area contributed by atoms with Crippen molar-refractivity contribution in [2.24, 2.45) is 5.92 Å². The molecule has 1 saturated heterocycles. The lowest BCUT2D eigenvalue weighted by molar-refractivity contribution is -0.143. The lowest BCUT2D eigenvalue weighted by Crippen LogP contribution is -2.33. The quantitative estimate of drug-likeness (QED) is 0.868. The molecule has 1 unspecified atom stereocenters. The molecule has 1 atom stereocenters. The third-order valence-corrected chi connectivity index (χ3v) is 3.38. The van der Waals surface area contributed by atoms with Gasteiger partial charge in [-0.2, -0.15) is 18.3 Å². The normalized spacial score (nSPS) is 20.4. The van der Waals surface area contributed by atoms with E-state index in [0.717, 1.165) is 18.5 Å². The van der Waals surface area contributed by atoms with Gasteiger partial charge in [-0.25, -0.2) is 4.68 Å². The predicted molar refractivity (Wildman–Crippen MR) is 70.9 cm³/mol. The number of alkyl halides is 3. The first-order valence-corrected chi connectivity index (χ1v) is 6.61. The number of rotatable bonds is 6. The molecule has 0 aliphatic carbocycles. The second-order valence-corrected chi connectivity index (χ2v) is 5.15. The van der Waals surface area contributed by atoms with Crippen molar-refractivity contribution >= 4 is 6.20 Å². The van der Waals surface area contributed by atoms with Crippen LogP contribution in [0.1, 0.15) is 12.0 Å². The Morgan fingerprint density at radius 2 is 2.30 bits per heavy atom. The van der Waals surface area contributed by atoms with Gasteiger partial charge in [-0.1, -0.05) is 6.58 Å². The topological polar surface area (TPSA) is 33.1 Å². The molecule has 1 aromatic heterocycles. The largest absolute Gasteiger partial charge is 0.401 e. The highest BCUT2D eigenvalue weighted by atomic mass is 19.4. The number of nitrogens with one attached hydrogen (secondary N) is 1. The summed E-state index contributed by atoms with van der Waals surface area (Å²) in [6.07, 6.45) is 1.94. The summed E-state index contributed by atoms with van der Waals surface area (Å²) in [7, 11) is 0. The highest BCUT2D eigenvalue weighted by Crippen LogP contribution is 2.22. The first-order chi connectivity index (χ1) is 9.46. The fraction of sp³-hybridized carbons (Fsp3) is 0.615. The van der Waals surface area contributed by atoms with Crippen molar-refractivity contribution in [3.05, 3.63) is 24.5 Å². The van der Waals surface area contributed by atoms with Crippen molar-refractivity contribution in [2.75, 3.05) is 26.2 Å². The molecule has 1 aliphatic heterocycles. The fourth-order valence-electron chi connectivity index (χ4n) is 2.47. The van der Waals surface area contributed by atoms with E-state index in [0.29, 0.717) is 19.6 Å². The summed E-state index contributed by atoms with van der Waals surface area (Å²) in [5, 5.41) is 7.33. The van der Waals surface area contributed by atoms with Crippen LogP contribution in [0.3, 0.4) is 0 Å². The van der Waals surface area contributed by atoms with Crippen LogP contribution in [0.4, 0.5) is 13.2 Å². The van der Waals surface area contributed by atoms with Crippen LogP contribution in [-0.4, -0.2) is 47.0 Å². The molecule has 1 aliphatic rings. The van der Waals surface area contributed by atoms with Crippen molar-refractivity contribution in [2.45, 2.75) is 19.1 Å². The molecule has 20 heavy (non-hydrogen) atoms. The van der Waals surface area contributed by atoms with E-state index in [-0.39, 0.29) is 5.92 Å². The fourth-order valence-corrected chi connectivity index (χ4v) is 2.47. The maximum Gasteiger partial charge on any atom is 0.401 e. The van der Waals surface area contributed by atoms with Gasteiger partial charge in [0, 0.05) is 31.0 Å². The Hall–Kier alpha value is -1.34. The summed E-state index contributed by atoms with van der Waals surface area (Å²) in [5.41, 5.74) is 1.04. The van der Waals surface area contributed by atoms with Gasteiger partial charge in [-0.05, 0) is 25.4 Å². The van der Waals surface area contributed by atoms with Crippen molar-refractivity contribution in [3.63, 3.8) is 0 Å². The van der Waals surface area contributed by atoms with Gasteiger partial charge in [0.2, 0.25) is 0 Å². The Morgan fingerprint density at radius 3 is 2.95 bits per heavy atom. The molecule has 1 fully saturated rings. The van der Waals surface area contributed by atoms with E-state index in [1.165, 1.54) is 4.90 Å². The first kappa shape index (κ1) is 15.1. The molecule has 0 spiro atoms. The summed E-state index contributed by atoms with van der Waals surface area (Å²) in [5.74, 6) is 0.284. The van der Waals surface area contributed by atoms with Crippen molar-refractivity contribution < 1.29 is 13.2 Å². The van der Waals surface area contributed by atoms with E-state index in [9.17, 15) is 13.2 Å². The SMILES string of the molecule is C=Cn1cc(CNCC2CCN(CC(F)(F)F)C2)cn1. The molecular weight excluding hydrogens is 269 g/mol. The van der Waals surface area contributed by atoms with E-state index in [1.807, 2.05) is 6.20 Å². The minimum Gasteiger partial charge on any atom is -0.312 e. The molecule has 7 heteroatoms. The van der Waals surface area contributed by atoms with Crippen LogP contribution in [0.25, 0.3) is 6.20 Å². The summed E-state index contributed by atoms with van der Waals surface area (Å²) in [6, 6.07) is 0. The standard InChI is InChI=1S/C13H19F3N4/c1-2-20-9-12(7-18-20)6-17-5-11-3-4-19(8-11)10-13(14,15)16/h2,7,9,11,17H,1,3-6,8,10H2. The molecule has 1 aromatic rings. The van der Waals surface area contributed by atoms with E-state index >= 15 is 0 Å². The molecule has 2 heterocycles. The molecule has 0 bridgehead atoms. The van der Waals surface area contributed by atoms with Gasteiger partial charge in [-0.15, -0.1) is 0 Å². The molecule has 4 nitrogen and oxygen atoms in total. The second kappa shape index (κ2) is 6.41. The lowest BCUT2D eigenvalue weighted by atomic mass is 10.1. The van der Waals surface area contributed by atoms with Gasteiger partial charge in [0.05, 0.1) is 12.7 Å². The summed E-state index contributed by atoms with van der Waals surface area (Å²) in [6.45, 7) is 5.25. The average Bonchev–Trinajstić information content (AvgIpc) is 2.97. The summed E-state index contributed by atoms with van der Waals surface area (Å²) < 4.78 is 38.4.